The van der Waals surface area contributed by atoms with Crippen LogP contribution in [0, 0.1) is 11.8 Å². The molecule has 0 radical (unpaired) electrons. The van der Waals surface area contributed by atoms with Gasteiger partial charge in [0.25, 0.3) is 0 Å². The second-order valence-electron chi connectivity index (χ2n) is 30.7. The first-order chi connectivity index (χ1) is 40.0. The maximum atomic E-state index is 15.2. The van der Waals surface area contributed by atoms with Crippen LogP contribution in [0.25, 0.3) is 0 Å². The Morgan fingerprint density at radius 3 is 1.87 bits per heavy atom. The van der Waals surface area contributed by atoms with Gasteiger partial charge in [-0.15, -0.1) is 0 Å². The van der Waals surface area contributed by atoms with Crippen LogP contribution in [0.5, 0.6) is 0 Å². The van der Waals surface area contributed by atoms with Crippen molar-refractivity contribution in [1.82, 2.24) is 0 Å². The van der Waals surface area contributed by atoms with Crippen LogP contribution in [0.15, 0.2) is 65.8 Å². The van der Waals surface area contributed by atoms with E-state index < -0.39 is 86.0 Å². The summed E-state index contributed by atoms with van der Waals surface area (Å²) in [7, 11) is -7.76. The molecule has 16 atom stereocenters. The van der Waals surface area contributed by atoms with Crippen molar-refractivity contribution < 1.29 is 65.6 Å². The molecular weight excluding hydrogens is 1140 g/mol. The summed E-state index contributed by atoms with van der Waals surface area (Å²) in [6.07, 6.45) is 4.58. The van der Waals surface area contributed by atoms with E-state index in [1.165, 1.54) is 0 Å². The zero-order chi connectivity index (χ0) is 63.5. The number of esters is 2. The second kappa shape index (κ2) is 28.7. The number of hydrogen-bond acceptors (Lipinski definition) is 14. The molecule has 0 aliphatic carbocycles. The summed E-state index contributed by atoms with van der Waals surface area (Å²) in [5.74, 6) is -0.907. The lowest BCUT2D eigenvalue weighted by Crippen LogP contribution is -2.69. The highest BCUT2D eigenvalue weighted by atomic mass is 28.4. The Labute approximate surface area is 521 Å². The first kappa shape index (κ1) is 70.5. The highest BCUT2D eigenvalue weighted by molar-refractivity contribution is 6.75. The normalized spacial score (nSPS) is 33.2. The average molecular weight is 1250 g/mol. The smallest absolute Gasteiger partial charge is 0.338 e. The van der Waals surface area contributed by atoms with Gasteiger partial charge in [0.1, 0.15) is 42.9 Å². The summed E-state index contributed by atoms with van der Waals surface area (Å²) in [5.41, 5.74) is 3.55. The zero-order valence-corrected chi connectivity index (χ0v) is 59.3. The Kier molecular flexibility index (Phi) is 23.5. The van der Waals surface area contributed by atoms with Crippen LogP contribution in [-0.4, -0.2) is 141 Å². The largest absolute Gasteiger partial charge is 0.461 e. The van der Waals surface area contributed by atoms with E-state index >= 15 is 4.79 Å². The van der Waals surface area contributed by atoms with Gasteiger partial charge >= 0.3 is 11.9 Å². The number of ketones is 2. The van der Waals surface area contributed by atoms with Gasteiger partial charge < -0.3 is 46.4 Å². The summed E-state index contributed by atoms with van der Waals surface area (Å²) in [6, 6.07) is 9.06. The number of benzene rings is 1. The summed E-state index contributed by atoms with van der Waals surface area (Å²) in [5, 5.41) is -0.519. The van der Waals surface area contributed by atoms with Crippen molar-refractivity contribution in [2.24, 2.45) is 11.8 Å². The van der Waals surface area contributed by atoms with Crippen molar-refractivity contribution in [3.63, 3.8) is 0 Å². The first-order valence-corrected chi connectivity index (χ1v) is 41.5. The molecule has 8 aliphatic rings. The molecule has 0 amide bonds. The zero-order valence-electron chi connectivity index (χ0n) is 56.3. The molecule has 0 spiro atoms. The summed E-state index contributed by atoms with van der Waals surface area (Å²) in [6.45, 7) is 46.4. The van der Waals surface area contributed by atoms with Crippen LogP contribution in [0.2, 0.25) is 54.4 Å². The highest BCUT2D eigenvalue weighted by Crippen LogP contribution is 2.49. The van der Waals surface area contributed by atoms with Crippen LogP contribution in [0.4, 0.5) is 0 Å². The van der Waals surface area contributed by atoms with E-state index in [1.54, 1.807) is 25.1 Å². The monoisotopic (exact) mass is 1250 g/mol. The molecule has 484 valence electrons. The van der Waals surface area contributed by atoms with Crippen molar-refractivity contribution >= 4 is 48.5 Å². The van der Waals surface area contributed by atoms with Gasteiger partial charge in [-0.05, 0) is 154 Å². The molecule has 8 heterocycles. The Bertz CT molecular complexity index is 2560. The fraction of sp³-hybridized carbons (Fsp3) is 0.768. The molecule has 8 aliphatic heterocycles. The Hall–Kier alpha value is -2.95. The van der Waals surface area contributed by atoms with E-state index in [4.69, 9.17) is 46.4 Å². The Balaban J connectivity index is 1.29. The third-order valence-electron chi connectivity index (χ3n) is 21.3. The molecule has 17 heteroatoms. The molecule has 4 fully saturated rings. The molecule has 0 aromatic heterocycles. The molecule has 8 bridgehead atoms. The second-order valence-corrected chi connectivity index (χ2v) is 45.0. The van der Waals surface area contributed by atoms with Crippen LogP contribution in [0.1, 0.15) is 190 Å². The van der Waals surface area contributed by atoms with Gasteiger partial charge in [-0.25, -0.2) is 4.79 Å². The lowest BCUT2D eigenvalue weighted by molar-refractivity contribution is -0.266. The minimum Gasteiger partial charge on any atom is -0.461 e. The number of carbonyl (C=O) groups excluding carboxylic acids is 4. The molecule has 14 nitrogen and oxygen atoms in total. The lowest BCUT2D eigenvalue weighted by atomic mass is 9.79. The molecular formula is C69H112O14Si3. The van der Waals surface area contributed by atoms with Crippen LogP contribution in [-0.2, 0) is 60.8 Å². The van der Waals surface area contributed by atoms with E-state index in [9.17, 15) is 14.4 Å². The van der Waals surface area contributed by atoms with Gasteiger partial charge in [0.15, 0.2) is 30.7 Å². The molecule has 1 aromatic rings. The molecule has 9 rings (SSSR count). The number of carbonyl (C=O) groups is 4. The number of hydrogen-bond donors (Lipinski definition) is 0. The van der Waals surface area contributed by atoms with Crippen LogP contribution >= 0.6 is 0 Å². The van der Waals surface area contributed by atoms with Crippen LogP contribution in [0.3, 0.4) is 0 Å². The van der Waals surface area contributed by atoms with Crippen molar-refractivity contribution in [1.29, 1.82) is 0 Å². The topological polar surface area (TPSA) is 161 Å². The molecule has 4 unspecified atom stereocenters. The minimum absolute atomic E-state index is 0.0127. The molecule has 1 aromatic carbocycles. The van der Waals surface area contributed by atoms with Gasteiger partial charge in [-0.2, -0.15) is 0 Å². The average Bonchev–Trinajstić information content (AvgIpc) is 0.950. The maximum absolute atomic E-state index is 15.2. The SMILES string of the molecule is C=C1CC2CCC(=O)/C=C/[C@H](O[Si](C)(C)C(C)(C)C)[C@@H]3O[C@H]4CC[C@H](CC(=O)CC5[C@H](CC6OC(CC[C@@H]1O2)CC(C)=C6COC(=O)CC)O[C@H](C[C@@H](CC)OC(=O)c1ccccc1)[C@@H]5C)O[C@@H]4[C@H](O[Si](C)(C)C(C)(C)C)[C@@H]3O[Si](C)(C)C(C)(C)C. The van der Waals surface area contributed by atoms with Crippen LogP contribution < -0.4 is 0 Å². The third-order valence-corrected chi connectivity index (χ3v) is 34.7. The standard InChI is InChI=1S/C69H112O14Si3/c1-21-49(78-66(73)46-26-24-23-25-27-46)40-58-45(5)53-39-48(71)38-52-32-35-56-62(77-52)64(82-85(17,18)68(9,10)11)65(83-86(19,20)69(12,13)14)63(80-56)57(81-84(15,16)67(6,7)8)33-29-47(70)28-30-50-37-44(4)55(75-50)34-31-51-36-43(3)54(42-74-61(72)22-2)60(76-51)41-59(53)79-58/h23-27,29,33,45,49-53,55-60,62-65H,4,21-22,28,30-32,34-42H2,1-3,5-20H3/b33-29+/t45-,49-,50?,51?,52-,53?,55+,56+,57+,58-,59+,60?,62+,63+,64+,65-/m1/s1. The van der Waals surface area contributed by atoms with E-state index in [2.05, 4.69) is 122 Å². The van der Waals surface area contributed by atoms with Crippen molar-refractivity contribution in [3.05, 3.63) is 71.3 Å². The maximum Gasteiger partial charge on any atom is 0.338 e. The predicted octanol–water partition coefficient (Wildman–Crippen LogP) is 15.1. The van der Waals surface area contributed by atoms with E-state index in [0.717, 1.165) is 16.7 Å². The van der Waals surface area contributed by atoms with Crippen molar-refractivity contribution in [2.75, 3.05) is 6.61 Å². The quantitative estimate of drug-likeness (QED) is 0.0983. The number of rotatable bonds is 14. The summed E-state index contributed by atoms with van der Waals surface area (Å²) >= 11 is 0. The van der Waals surface area contributed by atoms with Crippen molar-refractivity contribution in [2.45, 2.75) is 320 Å². The van der Waals surface area contributed by atoms with Gasteiger partial charge in [0.2, 0.25) is 0 Å². The summed E-state index contributed by atoms with van der Waals surface area (Å²) in [4.78, 5) is 55.7. The Morgan fingerprint density at radius 2 is 1.26 bits per heavy atom. The van der Waals surface area contributed by atoms with Crippen molar-refractivity contribution in [3.8, 4) is 0 Å². The number of fused-ring (bicyclic) bond motifs is 2. The minimum atomic E-state index is -2.62. The van der Waals surface area contributed by atoms with Gasteiger partial charge in [0.05, 0.1) is 60.5 Å². The van der Waals surface area contributed by atoms with Gasteiger partial charge in [-0.1, -0.05) is 120 Å². The van der Waals surface area contributed by atoms with E-state index in [-0.39, 0.29) is 101 Å². The number of ether oxygens (including phenoxy) is 7. The highest BCUT2D eigenvalue weighted by Gasteiger charge is 2.58. The van der Waals surface area contributed by atoms with E-state index in [0.29, 0.717) is 76.2 Å². The molecule has 86 heavy (non-hydrogen) atoms. The number of allylic oxidation sites excluding steroid dienone is 1. The predicted molar refractivity (Wildman–Crippen MR) is 346 cm³/mol. The number of Topliss-reactive ketones (excluding diaryl/α,β-unsaturated/α-hetero) is 1. The Morgan fingerprint density at radius 1 is 0.674 bits per heavy atom. The third kappa shape index (κ3) is 17.5. The molecule has 0 N–H and O–H groups in total. The fourth-order valence-corrected chi connectivity index (χ4v) is 16.4. The summed E-state index contributed by atoms with van der Waals surface area (Å²) < 4.78 is 70.8. The van der Waals surface area contributed by atoms with Gasteiger partial charge in [0, 0.05) is 38.5 Å². The molecule has 4 saturated heterocycles. The van der Waals surface area contributed by atoms with E-state index in [1.807, 2.05) is 31.2 Å². The molecule has 0 saturated carbocycles. The lowest BCUT2D eigenvalue weighted by Gasteiger charge is -2.56. The van der Waals surface area contributed by atoms with Gasteiger partial charge in [-0.3, -0.25) is 14.4 Å². The fourth-order valence-electron chi connectivity index (χ4n) is 12.6. The first-order valence-electron chi connectivity index (χ1n) is 32.8.